The second-order valence-electron chi connectivity index (χ2n) is 6.88. The summed E-state index contributed by atoms with van der Waals surface area (Å²) in [6, 6.07) is 7.62. The number of anilines is 1. The van der Waals surface area contributed by atoms with Crippen molar-refractivity contribution in [2.75, 3.05) is 31.1 Å². The van der Waals surface area contributed by atoms with Gasteiger partial charge in [-0.05, 0) is 46.4 Å². The number of amides is 2. The Morgan fingerprint density at radius 3 is 2.75 bits per heavy atom. The maximum Gasteiger partial charge on any atom is 0.228 e. The second kappa shape index (κ2) is 7.42. The molecular weight excluding hydrogens is 394 g/mol. The topological polar surface area (TPSA) is 66.6 Å². The van der Waals surface area contributed by atoms with Gasteiger partial charge in [0.2, 0.25) is 11.8 Å². The van der Waals surface area contributed by atoms with Crippen LogP contribution < -0.4 is 10.6 Å². The molecule has 2 N–H and O–H groups in total. The van der Waals surface area contributed by atoms with E-state index in [0.717, 1.165) is 23.1 Å². The molecule has 2 aliphatic rings. The lowest BCUT2D eigenvalue weighted by molar-refractivity contribution is -0.135. The van der Waals surface area contributed by atoms with Crippen molar-refractivity contribution < 1.29 is 9.59 Å². The Hall–Kier alpha value is -1.11. The Morgan fingerprint density at radius 1 is 1.42 bits per heavy atom. The van der Waals surface area contributed by atoms with E-state index < -0.39 is 0 Å². The fourth-order valence-corrected chi connectivity index (χ4v) is 3.91. The molecule has 1 aromatic rings. The average molecular weight is 417 g/mol. The van der Waals surface area contributed by atoms with Gasteiger partial charge in [-0.2, -0.15) is 0 Å². The molecule has 2 saturated heterocycles. The van der Waals surface area contributed by atoms with Crippen LogP contribution >= 0.6 is 28.3 Å². The minimum absolute atomic E-state index is 0. The van der Waals surface area contributed by atoms with Crippen LogP contribution in [0.4, 0.5) is 5.69 Å². The third kappa shape index (κ3) is 3.60. The van der Waals surface area contributed by atoms with Crippen LogP contribution in [0.15, 0.2) is 28.7 Å². The Morgan fingerprint density at radius 2 is 2.12 bits per heavy atom. The molecule has 0 radical (unpaired) electrons. The normalized spacial score (nSPS) is 26.6. The van der Waals surface area contributed by atoms with Crippen LogP contribution in [0.2, 0.25) is 0 Å². The van der Waals surface area contributed by atoms with Gasteiger partial charge in [0, 0.05) is 30.5 Å². The number of nitrogens with two attached hydrogens (primary N) is 1. The first kappa shape index (κ1) is 19.2. The first-order chi connectivity index (χ1) is 10.9. The summed E-state index contributed by atoms with van der Waals surface area (Å²) < 4.78 is 0.873. The van der Waals surface area contributed by atoms with Crippen molar-refractivity contribution in [1.82, 2.24) is 4.90 Å². The van der Waals surface area contributed by atoms with Gasteiger partial charge in [-0.1, -0.05) is 19.1 Å². The van der Waals surface area contributed by atoms with Gasteiger partial charge >= 0.3 is 0 Å². The van der Waals surface area contributed by atoms with Crippen LogP contribution in [0, 0.1) is 11.3 Å². The first-order valence-corrected chi connectivity index (χ1v) is 8.76. The number of halogens is 2. The second-order valence-corrected chi connectivity index (χ2v) is 7.74. The summed E-state index contributed by atoms with van der Waals surface area (Å²) in [6.07, 6.45) is 1.22. The number of rotatable bonds is 3. The summed E-state index contributed by atoms with van der Waals surface area (Å²) in [7, 11) is 0. The molecule has 0 bridgehead atoms. The molecule has 7 heteroatoms. The molecule has 2 fully saturated rings. The lowest BCUT2D eigenvalue weighted by atomic mass is 9.90. The predicted octanol–water partition coefficient (Wildman–Crippen LogP) is 2.42. The number of likely N-dealkylation sites (tertiary alicyclic amines) is 1. The number of para-hydroxylation sites is 1. The van der Waals surface area contributed by atoms with Crippen molar-refractivity contribution in [3.63, 3.8) is 0 Å². The molecule has 2 atom stereocenters. The SMILES string of the molecule is CC1(CN)CCN(C(=O)C2CC(=O)N(c3ccccc3Br)C2)C1.Cl. The fourth-order valence-electron chi connectivity index (χ4n) is 3.41. The molecule has 2 heterocycles. The summed E-state index contributed by atoms with van der Waals surface area (Å²) >= 11 is 3.48. The lowest BCUT2D eigenvalue weighted by Crippen LogP contribution is -2.38. The molecule has 2 aliphatic heterocycles. The number of hydrogen-bond donors (Lipinski definition) is 1. The highest BCUT2D eigenvalue weighted by Gasteiger charge is 2.41. The molecule has 132 valence electrons. The Kier molecular flexibility index (Phi) is 5.94. The predicted molar refractivity (Wildman–Crippen MR) is 100 cm³/mol. The Labute approximate surface area is 157 Å². The summed E-state index contributed by atoms with van der Waals surface area (Å²) in [5, 5.41) is 0. The zero-order valence-electron chi connectivity index (χ0n) is 13.7. The zero-order chi connectivity index (χ0) is 16.6. The van der Waals surface area contributed by atoms with Gasteiger partial charge < -0.3 is 15.5 Å². The summed E-state index contributed by atoms with van der Waals surface area (Å²) in [6.45, 7) is 4.60. The minimum Gasteiger partial charge on any atom is -0.342 e. The van der Waals surface area contributed by atoms with Crippen molar-refractivity contribution in [3.8, 4) is 0 Å². The van der Waals surface area contributed by atoms with Gasteiger partial charge in [0.05, 0.1) is 11.6 Å². The van der Waals surface area contributed by atoms with Gasteiger partial charge in [-0.15, -0.1) is 12.4 Å². The molecule has 0 saturated carbocycles. The third-order valence-electron chi connectivity index (χ3n) is 4.98. The van der Waals surface area contributed by atoms with Crippen molar-refractivity contribution in [2.45, 2.75) is 19.8 Å². The molecule has 5 nitrogen and oxygen atoms in total. The highest BCUT2D eigenvalue weighted by molar-refractivity contribution is 9.10. The minimum atomic E-state index is -0.255. The largest absolute Gasteiger partial charge is 0.342 e. The quantitative estimate of drug-likeness (QED) is 0.823. The molecule has 1 aromatic carbocycles. The Bertz CT molecular complexity index is 642. The molecule has 0 aliphatic carbocycles. The van der Waals surface area contributed by atoms with Gasteiger partial charge in [-0.3, -0.25) is 9.59 Å². The summed E-state index contributed by atoms with van der Waals surface area (Å²) in [4.78, 5) is 28.7. The van der Waals surface area contributed by atoms with Gasteiger partial charge in [0.25, 0.3) is 0 Å². The van der Waals surface area contributed by atoms with E-state index in [4.69, 9.17) is 5.73 Å². The van der Waals surface area contributed by atoms with Crippen LogP contribution in [-0.4, -0.2) is 42.9 Å². The van der Waals surface area contributed by atoms with Crippen LogP contribution in [-0.2, 0) is 9.59 Å². The van der Waals surface area contributed by atoms with E-state index in [2.05, 4.69) is 22.9 Å². The molecule has 0 aromatic heterocycles. The van der Waals surface area contributed by atoms with Crippen molar-refractivity contribution >= 4 is 45.8 Å². The fraction of sp³-hybridized carbons (Fsp3) is 0.529. The number of carbonyl (C=O) groups is 2. The average Bonchev–Trinajstić information content (AvgIpc) is 3.12. The van der Waals surface area contributed by atoms with Gasteiger partial charge in [-0.25, -0.2) is 0 Å². The number of carbonyl (C=O) groups excluding carboxylic acids is 2. The first-order valence-electron chi connectivity index (χ1n) is 7.97. The van der Waals surface area contributed by atoms with E-state index in [0.29, 0.717) is 19.6 Å². The van der Waals surface area contributed by atoms with E-state index in [1.807, 2.05) is 29.2 Å². The zero-order valence-corrected chi connectivity index (χ0v) is 16.1. The molecule has 0 spiro atoms. The third-order valence-corrected chi connectivity index (χ3v) is 5.65. The number of nitrogens with zero attached hydrogens (tertiary/aromatic N) is 2. The van der Waals surface area contributed by atoms with E-state index in [9.17, 15) is 9.59 Å². The standard InChI is InChI=1S/C17H22BrN3O2.ClH/c1-17(10-19)6-7-20(11-17)16(23)12-8-15(22)21(9-12)14-5-3-2-4-13(14)18;/h2-5,12H,6-11,19H2,1H3;1H. The highest BCUT2D eigenvalue weighted by atomic mass is 79.9. The highest BCUT2D eigenvalue weighted by Crippen LogP contribution is 2.34. The molecule has 3 rings (SSSR count). The van der Waals surface area contributed by atoms with Crippen LogP contribution in [0.1, 0.15) is 19.8 Å². The monoisotopic (exact) mass is 415 g/mol. The van der Waals surface area contributed by atoms with Gasteiger partial charge in [0.1, 0.15) is 0 Å². The molecule has 24 heavy (non-hydrogen) atoms. The smallest absolute Gasteiger partial charge is 0.228 e. The van der Waals surface area contributed by atoms with E-state index >= 15 is 0 Å². The Balaban J connectivity index is 0.00000208. The van der Waals surface area contributed by atoms with Crippen molar-refractivity contribution in [3.05, 3.63) is 28.7 Å². The molecule has 2 amide bonds. The van der Waals surface area contributed by atoms with E-state index in [-0.39, 0.29) is 42.0 Å². The summed E-state index contributed by atoms with van der Waals surface area (Å²) in [5.74, 6) is -0.157. The summed E-state index contributed by atoms with van der Waals surface area (Å²) in [5.41, 5.74) is 6.66. The van der Waals surface area contributed by atoms with Crippen LogP contribution in [0.25, 0.3) is 0 Å². The van der Waals surface area contributed by atoms with E-state index in [1.165, 1.54) is 0 Å². The van der Waals surface area contributed by atoms with Crippen molar-refractivity contribution in [2.24, 2.45) is 17.1 Å². The maximum absolute atomic E-state index is 12.8. The molecular formula is C17H23BrClN3O2. The number of benzene rings is 1. The lowest BCUT2D eigenvalue weighted by Gasteiger charge is -2.24. The van der Waals surface area contributed by atoms with Gasteiger partial charge in [0.15, 0.2) is 0 Å². The van der Waals surface area contributed by atoms with E-state index in [1.54, 1.807) is 4.90 Å². The maximum atomic E-state index is 12.8. The van der Waals surface area contributed by atoms with Crippen LogP contribution in [0.5, 0.6) is 0 Å². The molecule has 2 unspecified atom stereocenters. The number of hydrogen-bond acceptors (Lipinski definition) is 3. The van der Waals surface area contributed by atoms with Crippen molar-refractivity contribution in [1.29, 1.82) is 0 Å². The van der Waals surface area contributed by atoms with Crippen LogP contribution in [0.3, 0.4) is 0 Å².